The first-order chi connectivity index (χ1) is 9.21. The summed E-state index contributed by atoms with van der Waals surface area (Å²) in [6, 6.07) is 0. The van der Waals surface area contributed by atoms with Gasteiger partial charge in [0.05, 0.1) is 10.4 Å². The van der Waals surface area contributed by atoms with Crippen molar-refractivity contribution in [2.75, 3.05) is 6.54 Å². The number of amides is 3. The number of imide groups is 1. The van der Waals surface area contributed by atoms with Gasteiger partial charge in [0.15, 0.2) is 0 Å². The Hall–Kier alpha value is -1.50. The summed E-state index contributed by atoms with van der Waals surface area (Å²) in [6.45, 7) is 3.10. The Bertz CT molecular complexity index is 495. The summed E-state index contributed by atoms with van der Waals surface area (Å²) >= 11 is 5.09. The van der Waals surface area contributed by atoms with Crippen LogP contribution in [0.3, 0.4) is 0 Å². The molecule has 7 heteroatoms. The highest BCUT2D eigenvalue weighted by molar-refractivity contribution is 7.80. The van der Waals surface area contributed by atoms with Gasteiger partial charge in [-0.3, -0.25) is 19.7 Å². The predicted octanol–water partition coefficient (Wildman–Crippen LogP) is 0.0965. The van der Waals surface area contributed by atoms with Crippen LogP contribution in [0.4, 0.5) is 0 Å². The fourth-order valence-electron chi connectivity index (χ4n) is 2.91. The van der Waals surface area contributed by atoms with Crippen molar-refractivity contribution >= 4 is 34.9 Å². The molecule has 1 aliphatic carbocycles. The first-order valence-corrected chi connectivity index (χ1v) is 7.09. The average Bonchev–Trinajstić information content (AvgIpc) is 2.83. The number of nitrogens with zero attached hydrogens (tertiary/aromatic N) is 1. The Morgan fingerprint density at radius 2 is 1.85 bits per heavy atom. The molecule has 110 valence electrons. The number of hydrogen-bond acceptors (Lipinski definition) is 4. The molecule has 0 spiro atoms. The number of rotatable bonds is 2. The molecule has 0 bridgehead atoms. The summed E-state index contributed by atoms with van der Waals surface area (Å²) in [7, 11) is 0. The SMILES string of the molecule is CC1(C)C(=O)NC(=O)CN1C(=O)C1(C(N)=S)CCCC1. The van der Waals surface area contributed by atoms with Gasteiger partial charge in [0.1, 0.15) is 12.1 Å². The van der Waals surface area contributed by atoms with Crippen LogP contribution in [0.25, 0.3) is 0 Å². The van der Waals surface area contributed by atoms with Crippen LogP contribution in [0.5, 0.6) is 0 Å². The van der Waals surface area contributed by atoms with Crippen LogP contribution < -0.4 is 11.1 Å². The van der Waals surface area contributed by atoms with E-state index in [0.717, 1.165) is 12.8 Å². The third kappa shape index (κ3) is 2.09. The van der Waals surface area contributed by atoms with E-state index < -0.39 is 22.8 Å². The van der Waals surface area contributed by atoms with Gasteiger partial charge in [-0.05, 0) is 26.7 Å². The molecular weight excluding hydrogens is 278 g/mol. The van der Waals surface area contributed by atoms with Gasteiger partial charge in [0.2, 0.25) is 11.8 Å². The number of carbonyl (C=O) groups is 3. The van der Waals surface area contributed by atoms with Crippen molar-refractivity contribution < 1.29 is 14.4 Å². The maximum atomic E-state index is 12.9. The van der Waals surface area contributed by atoms with Gasteiger partial charge in [0.25, 0.3) is 5.91 Å². The second-order valence-electron chi connectivity index (χ2n) is 5.98. The van der Waals surface area contributed by atoms with E-state index in [-0.39, 0.29) is 17.4 Å². The van der Waals surface area contributed by atoms with Gasteiger partial charge in [-0.2, -0.15) is 0 Å². The van der Waals surface area contributed by atoms with E-state index in [1.807, 2.05) is 0 Å². The summed E-state index contributed by atoms with van der Waals surface area (Å²) in [5, 5.41) is 2.25. The summed E-state index contributed by atoms with van der Waals surface area (Å²) in [6.07, 6.45) is 2.92. The van der Waals surface area contributed by atoms with Gasteiger partial charge in [-0.15, -0.1) is 0 Å². The molecule has 3 N–H and O–H groups in total. The predicted molar refractivity (Wildman–Crippen MR) is 76.6 cm³/mol. The van der Waals surface area contributed by atoms with Crippen molar-refractivity contribution in [1.82, 2.24) is 10.2 Å². The maximum Gasteiger partial charge on any atom is 0.252 e. The van der Waals surface area contributed by atoms with Gasteiger partial charge >= 0.3 is 0 Å². The van der Waals surface area contributed by atoms with E-state index >= 15 is 0 Å². The van der Waals surface area contributed by atoms with Crippen molar-refractivity contribution in [2.24, 2.45) is 11.1 Å². The molecule has 0 aromatic heterocycles. The number of carbonyl (C=O) groups excluding carboxylic acids is 3. The number of nitrogens with one attached hydrogen (secondary N) is 1. The molecule has 0 atom stereocenters. The Morgan fingerprint density at radius 1 is 1.30 bits per heavy atom. The molecule has 0 aromatic carbocycles. The maximum absolute atomic E-state index is 12.9. The molecule has 1 aliphatic heterocycles. The van der Waals surface area contributed by atoms with E-state index in [1.54, 1.807) is 13.8 Å². The summed E-state index contributed by atoms with van der Waals surface area (Å²) in [5.74, 6) is -1.24. The quantitative estimate of drug-likeness (QED) is 0.557. The van der Waals surface area contributed by atoms with Crippen molar-refractivity contribution in [2.45, 2.75) is 45.1 Å². The van der Waals surface area contributed by atoms with Gasteiger partial charge in [-0.1, -0.05) is 25.1 Å². The van der Waals surface area contributed by atoms with Crippen molar-refractivity contribution in [3.63, 3.8) is 0 Å². The third-order valence-electron chi connectivity index (χ3n) is 4.37. The minimum absolute atomic E-state index is 0.137. The normalized spacial score (nSPS) is 24.4. The number of thiocarbonyl (C=S) groups is 1. The van der Waals surface area contributed by atoms with E-state index in [0.29, 0.717) is 12.8 Å². The summed E-state index contributed by atoms with van der Waals surface area (Å²) in [5.41, 5.74) is 3.82. The Kier molecular flexibility index (Phi) is 3.58. The van der Waals surface area contributed by atoms with Gasteiger partial charge < -0.3 is 10.6 Å². The second-order valence-corrected chi connectivity index (χ2v) is 6.42. The highest BCUT2D eigenvalue weighted by Crippen LogP contribution is 2.41. The molecule has 0 unspecified atom stereocenters. The Labute approximate surface area is 123 Å². The first-order valence-electron chi connectivity index (χ1n) is 6.68. The lowest BCUT2D eigenvalue weighted by atomic mass is 9.82. The minimum atomic E-state index is -1.08. The van der Waals surface area contributed by atoms with E-state index in [4.69, 9.17) is 18.0 Å². The van der Waals surface area contributed by atoms with Crippen molar-refractivity contribution in [1.29, 1.82) is 0 Å². The molecule has 20 heavy (non-hydrogen) atoms. The summed E-state index contributed by atoms with van der Waals surface area (Å²) < 4.78 is 0. The zero-order valence-electron chi connectivity index (χ0n) is 11.7. The zero-order chi connectivity index (χ0) is 15.1. The smallest absolute Gasteiger partial charge is 0.252 e. The molecule has 1 saturated carbocycles. The van der Waals surface area contributed by atoms with Crippen LogP contribution in [0.2, 0.25) is 0 Å². The molecular formula is C13H19N3O3S. The van der Waals surface area contributed by atoms with Gasteiger partial charge in [0, 0.05) is 0 Å². The molecule has 0 aromatic rings. The van der Waals surface area contributed by atoms with Crippen LogP contribution >= 0.6 is 12.2 Å². The highest BCUT2D eigenvalue weighted by atomic mass is 32.1. The van der Waals surface area contributed by atoms with Crippen LogP contribution in [-0.4, -0.2) is 39.7 Å². The van der Waals surface area contributed by atoms with E-state index in [1.165, 1.54) is 4.90 Å². The number of piperazine rings is 1. The summed E-state index contributed by atoms with van der Waals surface area (Å²) in [4.78, 5) is 37.9. The van der Waals surface area contributed by atoms with Crippen LogP contribution in [-0.2, 0) is 14.4 Å². The molecule has 0 radical (unpaired) electrons. The number of hydrogen-bond donors (Lipinski definition) is 2. The lowest BCUT2D eigenvalue weighted by Gasteiger charge is -2.44. The van der Waals surface area contributed by atoms with E-state index in [9.17, 15) is 14.4 Å². The lowest BCUT2D eigenvalue weighted by Crippen LogP contribution is -2.68. The standard InChI is InChI=1S/C13H19N3O3S/c1-12(2)10(18)15-8(17)7-16(12)11(19)13(9(14)20)5-3-4-6-13/h3-7H2,1-2H3,(H2,14,20)(H,15,17,18). The second kappa shape index (κ2) is 4.80. The molecule has 3 amide bonds. The molecule has 6 nitrogen and oxygen atoms in total. The third-order valence-corrected chi connectivity index (χ3v) is 4.76. The average molecular weight is 297 g/mol. The van der Waals surface area contributed by atoms with Gasteiger partial charge in [-0.25, -0.2) is 0 Å². The molecule has 2 fully saturated rings. The topological polar surface area (TPSA) is 92.5 Å². The first kappa shape index (κ1) is 14.9. The Balaban J connectivity index is 2.38. The fourth-order valence-corrected chi connectivity index (χ4v) is 3.20. The Morgan fingerprint density at radius 3 is 2.35 bits per heavy atom. The van der Waals surface area contributed by atoms with Crippen LogP contribution in [0.15, 0.2) is 0 Å². The molecule has 1 saturated heterocycles. The molecule has 2 rings (SSSR count). The fraction of sp³-hybridized carbons (Fsp3) is 0.692. The van der Waals surface area contributed by atoms with Crippen LogP contribution in [0, 0.1) is 5.41 Å². The largest absolute Gasteiger partial charge is 0.392 e. The molecule has 1 heterocycles. The molecule has 2 aliphatic rings. The minimum Gasteiger partial charge on any atom is -0.392 e. The number of nitrogens with two attached hydrogens (primary N) is 1. The van der Waals surface area contributed by atoms with Crippen molar-refractivity contribution in [3.05, 3.63) is 0 Å². The zero-order valence-corrected chi connectivity index (χ0v) is 12.5. The highest BCUT2D eigenvalue weighted by Gasteiger charge is 2.52. The van der Waals surface area contributed by atoms with Crippen molar-refractivity contribution in [3.8, 4) is 0 Å². The van der Waals surface area contributed by atoms with Crippen LogP contribution in [0.1, 0.15) is 39.5 Å². The van der Waals surface area contributed by atoms with E-state index in [2.05, 4.69) is 5.32 Å². The monoisotopic (exact) mass is 297 g/mol. The lowest BCUT2D eigenvalue weighted by molar-refractivity contribution is -0.159.